The Morgan fingerprint density at radius 3 is 2.35 bits per heavy atom. The van der Waals surface area contributed by atoms with Gasteiger partial charge in [-0.2, -0.15) is 9.50 Å². The Labute approximate surface area is 221 Å². The molecule has 7 nitrogen and oxygen atoms in total. The van der Waals surface area contributed by atoms with Gasteiger partial charge in [-0.3, -0.25) is 4.79 Å². The van der Waals surface area contributed by atoms with Crippen LogP contribution < -0.4 is 24.3 Å². The fourth-order valence-electron chi connectivity index (χ4n) is 3.95. The van der Waals surface area contributed by atoms with Gasteiger partial charge >= 0.3 is 0 Å². The highest BCUT2D eigenvalue weighted by molar-refractivity contribution is 7.15. The first-order chi connectivity index (χ1) is 18.1. The average Bonchev–Trinajstić information content (AvgIpc) is 3.46. The standard InChI is InChI=1S/C29H35N3O4S/c1-4-6-8-10-18-36-24-16-11-21(19-25(24)34-3)20-26-28(33)32-29(37-26)30-27(31-32)22-12-14-23(15-13-22)35-17-9-7-5-2/h11-16,19-20H,4-10,17-18H2,1-3H3/b26-20+. The highest BCUT2D eigenvalue weighted by Crippen LogP contribution is 2.28. The Morgan fingerprint density at radius 2 is 1.62 bits per heavy atom. The Balaban J connectivity index is 1.47. The Bertz CT molecular complexity index is 1400. The molecule has 0 saturated carbocycles. The van der Waals surface area contributed by atoms with E-state index in [4.69, 9.17) is 14.2 Å². The number of ether oxygens (including phenoxy) is 3. The second kappa shape index (κ2) is 13.2. The third-order valence-electron chi connectivity index (χ3n) is 6.05. The summed E-state index contributed by atoms with van der Waals surface area (Å²) in [6.07, 6.45) is 9.80. The molecule has 0 aliphatic rings. The fraction of sp³-hybridized carbons (Fsp3) is 0.414. The summed E-state index contributed by atoms with van der Waals surface area (Å²) in [6, 6.07) is 13.4. The normalized spacial score (nSPS) is 11.8. The number of benzene rings is 2. The number of nitrogens with zero attached hydrogens (tertiary/aromatic N) is 3. The molecule has 4 aromatic rings. The van der Waals surface area contributed by atoms with E-state index in [1.54, 1.807) is 7.11 Å². The number of thiazole rings is 1. The first-order valence-corrected chi connectivity index (χ1v) is 13.9. The molecule has 0 N–H and O–H groups in total. The van der Waals surface area contributed by atoms with E-state index in [1.165, 1.54) is 35.1 Å². The molecular weight excluding hydrogens is 486 g/mol. The highest BCUT2D eigenvalue weighted by Gasteiger charge is 2.13. The van der Waals surface area contributed by atoms with E-state index in [0.29, 0.717) is 40.0 Å². The summed E-state index contributed by atoms with van der Waals surface area (Å²) in [4.78, 5) is 18.2. The molecule has 2 aromatic carbocycles. The number of hydrogen-bond donors (Lipinski definition) is 0. The van der Waals surface area contributed by atoms with Gasteiger partial charge in [0.2, 0.25) is 4.96 Å². The van der Waals surface area contributed by atoms with Crippen molar-refractivity contribution in [2.45, 2.75) is 58.8 Å². The van der Waals surface area contributed by atoms with Gasteiger partial charge in [0.15, 0.2) is 17.3 Å². The van der Waals surface area contributed by atoms with Crippen LogP contribution >= 0.6 is 11.3 Å². The lowest BCUT2D eigenvalue weighted by Crippen LogP contribution is -2.23. The molecule has 0 unspecified atom stereocenters. The Kier molecular flexibility index (Phi) is 9.54. The zero-order chi connectivity index (χ0) is 26.0. The van der Waals surface area contributed by atoms with Gasteiger partial charge in [0.25, 0.3) is 5.56 Å². The molecule has 37 heavy (non-hydrogen) atoms. The van der Waals surface area contributed by atoms with Crippen LogP contribution in [-0.2, 0) is 0 Å². The Hall–Kier alpha value is -3.39. The van der Waals surface area contributed by atoms with E-state index in [0.717, 1.165) is 42.6 Å². The molecule has 0 spiro atoms. The second-order valence-corrected chi connectivity index (χ2v) is 9.95. The SMILES string of the molecule is CCCCCCOc1ccc(/C=c2/sc3nc(-c4ccc(OCCCCC)cc4)nn3c2=O)cc1OC. The minimum atomic E-state index is -0.190. The van der Waals surface area contributed by atoms with E-state index in [-0.39, 0.29) is 5.56 Å². The summed E-state index contributed by atoms with van der Waals surface area (Å²) in [5.74, 6) is 2.71. The lowest BCUT2D eigenvalue weighted by atomic mass is 10.2. The number of aromatic nitrogens is 3. The summed E-state index contributed by atoms with van der Waals surface area (Å²) in [5.41, 5.74) is 1.51. The molecule has 2 heterocycles. The average molecular weight is 522 g/mol. The summed E-state index contributed by atoms with van der Waals surface area (Å²) in [6.45, 7) is 5.74. The van der Waals surface area contributed by atoms with Gasteiger partial charge < -0.3 is 14.2 Å². The zero-order valence-electron chi connectivity index (χ0n) is 21.9. The van der Waals surface area contributed by atoms with Crippen LogP contribution in [-0.4, -0.2) is 34.9 Å². The third-order valence-corrected chi connectivity index (χ3v) is 7.01. The van der Waals surface area contributed by atoms with Crippen molar-refractivity contribution in [3.63, 3.8) is 0 Å². The van der Waals surface area contributed by atoms with Crippen LogP contribution in [0.15, 0.2) is 47.3 Å². The van der Waals surface area contributed by atoms with Crippen LogP contribution in [0, 0.1) is 0 Å². The van der Waals surface area contributed by atoms with Crippen LogP contribution in [0.3, 0.4) is 0 Å². The molecule has 4 rings (SSSR count). The van der Waals surface area contributed by atoms with Crippen LogP contribution in [0.2, 0.25) is 0 Å². The van der Waals surface area contributed by atoms with Gasteiger partial charge in [0.05, 0.1) is 24.9 Å². The minimum absolute atomic E-state index is 0.190. The maximum Gasteiger partial charge on any atom is 0.291 e. The quantitative estimate of drug-likeness (QED) is 0.192. The predicted molar refractivity (Wildman–Crippen MR) is 149 cm³/mol. The maximum atomic E-state index is 13.0. The fourth-order valence-corrected chi connectivity index (χ4v) is 4.86. The molecule has 0 radical (unpaired) electrons. The van der Waals surface area contributed by atoms with Crippen molar-refractivity contribution in [1.29, 1.82) is 0 Å². The smallest absolute Gasteiger partial charge is 0.291 e. The van der Waals surface area contributed by atoms with E-state index in [2.05, 4.69) is 23.9 Å². The summed E-state index contributed by atoms with van der Waals surface area (Å²) >= 11 is 1.32. The third kappa shape index (κ3) is 6.89. The summed E-state index contributed by atoms with van der Waals surface area (Å²) < 4.78 is 19.1. The lowest BCUT2D eigenvalue weighted by molar-refractivity contribution is 0.285. The predicted octanol–water partition coefficient (Wildman–Crippen LogP) is 5.90. The molecule has 0 amide bonds. The van der Waals surface area contributed by atoms with Crippen molar-refractivity contribution in [1.82, 2.24) is 14.6 Å². The number of unbranched alkanes of at least 4 members (excludes halogenated alkanes) is 5. The van der Waals surface area contributed by atoms with Gasteiger partial charge in [-0.25, -0.2) is 0 Å². The van der Waals surface area contributed by atoms with Crippen molar-refractivity contribution in [2.24, 2.45) is 0 Å². The molecule has 0 saturated heterocycles. The highest BCUT2D eigenvalue weighted by atomic mass is 32.1. The molecule has 0 bridgehead atoms. The van der Waals surface area contributed by atoms with Crippen LogP contribution in [0.1, 0.15) is 64.4 Å². The van der Waals surface area contributed by atoms with Crippen molar-refractivity contribution in [3.05, 3.63) is 62.9 Å². The minimum Gasteiger partial charge on any atom is -0.494 e. The van der Waals surface area contributed by atoms with E-state index in [9.17, 15) is 4.79 Å². The van der Waals surface area contributed by atoms with Gasteiger partial charge in [-0.05, 0) is 60.9 Å². The van der Waals surface area contributed by atoms with E-state index in [1.807, 2.05) is 48.5 Å². The molecule has 0 aliphatic heterocycles. The van der Waals surface area contributed by atoms with Gasteiger partial charge in [0.1, 0.15) is 5.75 Å². The Morgan fingerprint density at radius 1 is 0.892 bits per heavy atom. The van der Waals surface area contributed by atoms with Crippen molar-refractivity contribution in [2.75, 3.05) is 20.3 Å². The first-order valence-electron chi connectivity index (χ1n) is 13.1. The molecular formula is C29H35N3O4S. The van der Waals surface area contributed by atoms with Gasteiger partial charge in [0, 0.05) is 5.56 Å². The van der Waals surface area contributed by atoms with Gasteiger partial charge in [-0.15, -0.1) is 5.10 Å². The molecule has 0 aliphatic carbocycles. The molecule has 8 heteroatoms. The van der Waals surface area contributed by atoms with Crippen LogP contribution in [0.5, 0.6) is 17.2 Å². The van der Waals surface area contributed by atoms with Crippen molar-refractivity contribution in [3.8, 4) is 28.6 Å². The van der Waals surface area contributed by atoms with E-state index >= 15 is 0 Å². The van der Waals surface area contributed by atoms with Gasteiger partial charge in [-0.1, -0.05) is 63.4 Å². The second-order valence-electron chi connectivity index (χ2n) is 8.94. The number of methoxy groups -OCH3 is 1. The van der Waals surface area contributed by atoms with Crippen LogP contribution in [0.4, 0.5) is 0 Å². The molecule has 2 aromatic heterocycles. The van der Waals surface area contributed by atoms with Crippen LogP contribution in [0.25, 0.3) is 22.4 Å². The summed E-state index contributed by atoms with van der Waals surface area (Å²) in [5, 5.41) is 4.46. The maximum absolute atomic E-state index is 13.0. The van der Waals surface area contributed by atoms with Crippen molar-refractivity contribution >= 4 is 22.4 Å². The largest absolute Gasteiger partial charge is 0.494 e. The zero-order valence-corrected chi connectivity index (χ0v) is 22.7. The molecule has 0 atom stereocenters. The molecule has 0 fully saturated rings. The number of rotatable bonds is 14. The van der Waals surface area contributed by atoms with E-state index < -0.39 is 0 Å². The monoisotopic (exact) mass is 521 g/mol. The lowest BCUT2D eigenvalue weighted by Gasteiger charge is -2.11. The topological polar surface area (TPSA) is 75.0 Å². The first kappa shape index (κ1) is 26.7. The number of fused-ring (bicyclic) bond motifs is 1. The van der Waals surface area contributed by atoms with Crippen molar-refractivity contribution < 1.29 is 14.2 Å². The summed E-state index contributed by atoms with van der Waals surface area (Å²) in [7, 11) is 1.62. The number of hydrogen-bond acceptors (Lipinski definition) is 7. The molecule has 196 valence electrons.